The largest absolute Gasteiger partial charge is 0.493 e. The minimum Gasteiger partial charge on any atom is -0.493 e. The second-order valence-electron chi connectivity index (χ2n) is 5.47. The Balaban J connectivity index is 1.56. The third kappa shape index (κ3) is 3.88. The molecular formula is C18H21N5O2. The molecule has 7 heteroatoms. The van der Waals surface area contributed by atoms with Crippen molar-refractivity contribution in [2.45, 2.75) is 19.8 Å². The van der Waals surface area contributed by atoms with E-state index in [1.54, 1.807) is 6.20 Å². The summed E-state index contributed by atoms with van der Waals surface area (Å²) in [7, 11) is 0. The Morgan fingerprint density at radius 2 is 1.80 bits per heavy atom. The Morgan fingerprint density at radius 3 is 2.64 bits per heavy atom. The van der Waals surface area contributed by atoms with Gasteiger partial charge < -0.3 is 20.9 Å². The van der Waals surface area contributed by atoms with E-state index in [9.17, 15) is 0 Å². The zero-order valence-corrected chi connectivity index (χ0v) is 14.1. The molecule has 3 aromatic rings. The molecule has 0 bridgehead atoms. The van der Waals surface area contributed by atoms with Gasteiger partial charge in [0.15, 0.2) is 11.6 Å². The van der Waals surface area contributed by atoms with Crippen molar-refractivity contribution in [3.8, 4) is 11.5 Å². The van der Waals surface area contributed by atoms with Gasteiger partial charge in [0.2, 0.25) is 5.95 Å². The average Bonchev–Trinajstić information content (AvgIpc) is 2.62. The van der Waals surface area contributed by atoms with Crippen LogP contribution in [0.5, 0.6) is 11.5 Å². The van der Waals surface area contributed by atoms with Gasteiger partial charge in [0.25, 0.3) is 0 Å². The molecular weight excluding hydrogens is 318 g/mol. The summed E-state index contributed by atoms with van der Waals surface area (Å²) >= 11 is 0. The third-order valence-electron chi connectivity index (χ3n) is 3.72. The summed E-state index contributed by atoms with van der Waals surface area (Å²) in [4.78, 5) is 12.4. The molecule has 0 saturated carbocycles. The van der Waals surface area contributed by atoms with Crippen molar-refractivity contribution in [1.29, 1.82) is 0 Å². The molecule has 7 nitrogen and oxygen atoms in total. The van der Waals surface area contributed by atoms with Crippen molar-refractivity contribution in [2.75, 3.05) is 24.7 Å². The van der Waals surface area contributed by atoms with Crippen LogP contribution >= 0.6 is 0 Å². The molecule has 0 radical (unpaired) electrons. The Labute approximate surface area is 146 Å². The van der Waals surface area contributed by atoms with Crippen molar-refractivity contribution in [1.82, 2.24) is 15.0 Å². The van der Waals surface area contributed by atoms with Crippen LogP contribution in [0.25, 0.3) is 10.9 Å². The third-order valence-corrected chi connectivity index (χ3v) is 3.72. The highest BCUT2D eigenvalue weighted by molar-refractivity contribution is 5.84. The monoisotopic (exact) mass is 339 g/mol. The second kappa shape index (κ2) is 7.65. The van der Waals surface area contributed by atoms with E-state index in [0.29, 0.717) is 37.5 Å². The maximum Gasteiger partial charge on any atom is 0.222 e. The van der Waals surface area contributed by atoms with Crippen LogP contribution in [-0.4, -0.2) is 28.2 Å². The number of benzene rings is 1. The van der Waals surface area contributed by atoms with E-state index in [0.717, 1.165) is 16.7 Å². The average molecular weight is 339 g/mol. The zero-order valence-electron chi connectivity index (χ0n) is 14.1. The topological polar surface area (TPSA) is 109 Å². The van der Waals surface area contributed by atoms with Crippen LogP contribution in [0.1, 0.15) is 19.0 Å². The molecule has 25 heavy (non-hydrogen) atoms. The SMILES string of the molecule is CCc1nc(N)nc(N)c1OCCCOc1ccnc2ccccc12. The van der Waals surface area contributed by atoms with Crippen LogP contribution in [0.15, 0.2) is 36.5 Å². The number of hydrogen-bond acceptors (Lipinski definition) is 7. The van der Waals surface area contributed by atoms with Gasteiger partial charge in [-0.3, -0.25) is 4.98 Å². The van der Waals surface area contributed by atoms with Crippen LogP contribution < -0.4 is 20.9 Å². The lowest BCUT2D eigenvalue weighted by Gasteiger charge is -2.13. The number of nitrogens with two attached hydrogens (primary N) is 2. The summed E-state index contributed by atoms with van der Waals surface area (Å²) in [5.41, 5.74) is 13.1. The molecule has 0 atom stereocenters. The molecule has 1 aromatic carbocycles. The van der Waals surface area contributed by atoms with Gasteiger partial charge in [-0.2, -0.15) is 4.98 Å². The number of rotatable bonds is 7. The highest BCUT2D eigenvalue weighted by atomic mass is 16.5. The minimum absolute atomic E-state index is 0.162. The molecule has 0 aliphatic carbocycles. The van der Waals surface area contributed by atoms with E-state index < -0.39 is 0 Å². The van der Waals surface area contributed by atoms with Gasteiger partial charge in [-0.05, 0) is 24.6 Å². The fourth-order valence-electron chi connectivity index (χ4n) is 2.54. The minimum atomic E-state index is 0.162. The smallest absolute Gasteiger partial charge is 0.222 e. The maximum atomic E-state index is 5.87. The number of nitrogens with zero attached hydrogens (tertiary/aromatic N) is 3. The standard InChI is InChI=1S/C18H21N5O2/c1-2-13-16(17(19)23-18(20)22-13)25-11-5-10-24-15-8-9-21-14-7-4-3-6-12(14)15/h3-4,6-9H,2,5,10-11H2,1H3,(H4,19,20,22,23). The predicted octanol–water partition coefficient (Wildman–Crippen LogP) is 2.60. The molecule has 0 saturated heterocycles. The number of ether oxygens (including phenoxy) is 2. The lowest BCUT2D eigenvalue weighted by molar-refractivity contribution is 0.247. The summed E-state index contributed by atoms with van der Waals surface area (Å²) in [5.74, 6) is 1.75. The summed E-state index contributed by atoms with van der Waals surface area (Å²) in [5, 5.41) is 0.996. The van der Waals surface area contributed by atoms with Crippen LogP contribution in [0, 0.1) is 0 Å². The Bertz CT molecular complexity index is 864. The lowest BCUT2D eigenvalue weighted by atomic mass is 10.2. The first kappa shape index (κ1) is 16.8. The van der Waals surface area contributed by atoms with Crippen molar-refractivity contribution in [3.63, 3.8) is 0 Å². The van der Waals surface area contributed by atoms with Gasteiger partial charge in [-0.1, -0.05) is 19.1 Å². The number of fused-ring (bicyclic) bond motifs is 1. The number of aromatic nitrogens is 3. The van der Waals surface area contributed by atoms with E-state index in [2.05, 4.69) is 15.0 Å². The molecule has 0 aliphatic rings. The van der Waals surface area contributed by atoms with Crippen molar-refractivity contribution < 1.29 is 9.47 Å². The first-order chi connectivity index (χ1) is 12.2. The lowest BCUT2D eigenvalue weighted by Crippen LogP contribution is -2.11. The highest BCUT2D eigenvalue weighted by Gasteiger charge is 2.11. The van der Waals surface area contributed by atoms with E-state index in [1.807, 2.05) is 37.3 Å². The van der Waals surface area contributed by atoms with E-state index >= 15 is 0 Å². The summed E-state index contributed by atoms with van der Waals surface area (Å²) < 4.78 is 11.6. The van der Waals surface area contributed by atoms with Gasteiger partial charge in [0.05, 0.1) is 24.4 Å². The van der Waals surface area contributed by atoms with Crippen LogP contribution in [-0.2, 0) is 6.42 Å². The van der Waals surface area contributed by atoms with Gasteiger partial charge >= 0.3 is 0 Å². The second-order valence-corrected chi connectivity index (χ2v) is 5.47. The molecule has 130 valence electrons. The number of anilines is 2. The molecule has 3 rings (SSSR count). The molecule has 2 heterocycles. The highest BCUT2D eigenvalue weighted by Crippen LogP contribution is 2.25. The summed E-state index contributed by atoms with van der Waals surface area (Å²) in [6.07, 6.45) is 3.11. The van der Waals surface area contributed by atoms with Crippen molar-refractivity contribution in [2.24, 2.45) is 0 Å². The quantitative estimate of drug-likeness (QED) is 0.637. The number of hydrogen-bond donors (Lipinski definition) is 2. The number of pyridine rings is 1. The molecule has 0 aliphatic heterocycles. The first-order valence-corrected chi connectivity index (χ1v) is 8.20. The van der Waals surface area contributed by atoms with Crippen molar-refractivity contribution in [3.05, 3.63) is 42.2 Å². The number of aryl methyl sites for hydroxylation is 1. The summed E-state index contributed by atoms with van der Waals surface area (Å²) in [6, 6.07) is 9.74. The summed E-state index contributed by atoms with van der Waals surface area (Å²) in [6.45, 7) is 2.93. The van der Waals surface area contributed by atoms with E-state index in [-0.39, 0.29) is 11.8 Å². The fraction of sp³-hybridized carbons (Fsp3) is 0.278. The molecule has 0 spiro atoms. The molecule has 0 unspecified atom stereocenters. The van der Waals surface area contributed by atoms with Crippen molar-refractivity contribution >= 4 is 22.7 Å². The van der Waals surface area contributed by atoms with E-state index in [1.165, 1.54) is 0 Å². The maximum absolute atomic E-state index is 5.87. The zero-order chi connectivity index (χ0) is 17.6. The number of nitrogen functional groups attached to an aromatic ring is 2. The van der Waals surface area contributed by atoms with Crippen LogP contribution in [0.4, 0.5) is 11.8 Å². The Morgan fingerprint density at radius 1 is 1.00 bits per heavy atom. The Kier molecular flexibility index (Phi) is 5.13. The Hall–Kier alpha value is -3.09. The van der Waals surface area contributed by atoms with E-state index in [4.69, 9.17) is 20.9 Å². The predicted molar refractivity (Wildman–Crippen MR) is 97.6 cm³/mol. The van der Waals surface area contributed by atoms with Gasteiger partial charge in [0, 0.05) is 18.0 Å². The molecule has 4 N–H and O–H groups in total. The number of para-hydroxylation sites is 1. The molecule has 0 fully saturated rings. The van der Waals surface area contributed by atoms with Gasteiger partial charge in [-0.25, -0.2) is 4.98 Å². The first-order valence-electron chi connectivity index (χ1n) is 8.20. The fourth-order valence-corrected chi connectivity index (χ4v) is 2.54. The van der Waals surface area contributed by atoms with Crippen LogP contribution in [0.3, 0.4) is 0 Å². The molecule has 2 aromatic heterocycles. The van der Waals surface area contributed by atoms with Crippen LogP contribution in [0.2, 0.25) is 0 Å². The van der Waals surface area contributed by atoms with Gasteiger partial charge in [-0.15, -0.1) is 0 Å². The normalized spacial score (nSPS) is 10.8. The van der Waals surface area contributed by atoms with Gasteiger partial charge in [0.1, 0.15) is 5.75 Å². The molecule has 0 amide bonds.